The fourth-order valence-corrected chi connectivity index (χ4v) is 8.96. The van der Waals surface area contributed by atoms with Gasteiger partial charge in [0.15, 0.2) is 23.8 Å². The average molecular weight is 403 g/mol. The van der Waals surface area contributed by atoms with Crippen LogP contribution in [0.3, 0.4) is 0 Å². The monoisotopic (exact) mass is 402 g/mol. The lowest BCUT2D eigenvalue weighted by molar-refractivity contribution is 0.488. The normalized spacial score (nSPS) is 19.9. The third-order valence-corrected chi connectivity index (χ3v) is 10.7. The first-order valence-electron chi connectivity index (χ1n) is 8.64. The second-order valence-corrected chi connectivity index (χ2v) is 11.6. The Bertz CT molecular complexity index is 998. The standard InChI is InChI=1S/C21H22O4S2/c1-3-18-14-17(2)15-21(16-18,26(22,23)19-10-6-4-7-11-19)27(24,25)20-12-8-5-9-13-20/h3-14,18H,1,15-16H2,2H3. The van der Waals surface area contributed by atoms with Gasteiger partial charge in [-0.1, -0.05) is 54.1 Å². The van der Waals surface area contributed by atoms with Gasteiger partial charge in [0.1, 0.15) is 0 Å². The summed E-state index contributed by atoms with van der Waals surface area (Å²) in [5, 5.41) is 0. The lowest BCUT2D eigenvalue weighted by atomic mass is 9.90. The number of hydrogen-bond acceptors (Lipinski definition) is 4. The van der Waals surface area contributed by atoms with Crippen molar-refractivity contribution in [2.75, 3.05) is 0 Å². The molecule has 0 aliphatic heterocycles. The Morgan fingerprint density at radius 2 is 1.33 bits per heavy atom. The fraction of sp³-hybridized carbons (Fsp3) is 0.238. The molecule has 2 aromatic carbocycles. The first kappa shape index (κ1) is 19.6. The van der Waals surface area contributed by atoms with Crippen molar-refractivity contribution in [3.63, 3.8) is 0 Å². The number of rotatable bonds is 5. The summed E-state index contributed by atoms with van der Waals surface area (Å²) in [6.07, 6.45) is 3.39. The van der Waals surface area contributed by atoms with Crippen LogP contribution in [-0.2, 0) is 19.7 Å². The summed E-state index contributed by atoms with van der Waals surface area (Å²) in [4.78, 5) is 0.0315. The molecule has 0 saturated carbocycles. The quantitative estimate of drug-likeness (QED) is 0.704. The largest absolute Gasteiger partial charge is 0.222 e. The second kappa shape index (κ2) is 7.09. The van der Waals surface area contributed by atoms with Gasteiger partial charge in [-0.05, 0) is 43.5 Å². The second-order valence-electron chi connectivity index (χ2n) is 6.84. The maximum absolute atomic E-state index is 13.7. The van der Waals surface area contributed by atoms with Crippen LogP contribution >= 0.6 is 0 Å². The molecule has 0 spiro atoms. The van der Waals surface area contributed by atoms with Crippen molar-refractivity contribution in [2.24, 2.45) is 5.92 Å². The minimum Gasteiger partial charge on any atom is -0.222 e. The molecule has 27 heavy (non-hydrogen) atoms. The molecular weight excluding hydrogens is 380 g/mol. The summed E-state index contributed by atoms with van der Waals surface area (Å²) < 4.78 is 52.8. The molecule has 2 aromatic rings. The predicted octanol–water partition coefficient (Wildman–Crippen LogP) is 4.17. The number of benzene rings is 2. The van der Waals surface area contributed by atoms with Crippen LogP contribution in [0.1, 0.15) is 19.8 Å². The minimum absolute atomic E-state index is 0.0158. The molecule has 0 saturated heterocycles. The summed E-state index contributed by atoms with van der Waals surface area (Å²) in [6.45, 7) is 5.53. The Morgan fingerprint density at radius 3 is 1.74 bits per heavy atom. The van der Waals surface area contributed by atoms with Crippen molar-refractivity contribution in [2.45, 2.75) is 33.6 Å². The first-order chi connectivity index (χ1) is 12.7. The maximum atomic E-state index is 13.7. The zero-order valence-electron chi connectivity index (χ0n) is 15.1. The molecule has 0 amide bonds. The van der Waals surface area contributed by atoms with E-state index in [0.717, 1.165) is 5.57 Å². The molecule has 1 atom stereocenters. The molecule has 0 N–H and O–H groups in total. The number of sulfone groups is 2. The topological polar surface area (TPSA) is 68.3 Å². The van der Waals surface area contributed by atoms with Crippen LogP contribution in [0, 0.1) is 5.92 Å². The maximum Gasteiger partial charge on any atom is 0.199 e. The van der Waals surface area contributed by atoms with E-state index in [4.69, 9.17) is 0 Å². The lowest BCUT2D eigenvalue weighted by Gasteiger charge is -2.38. The molecule has 3 rings (SSSR count). The summed E-state index contributed by atoms with van der Waals surface area (Å²) in [6, 6.07) is 15.6. The molecule has 0 heterocycles. The van der Waals surface area contributed by atoms with Crippen molar-refractivity contribution >= 4 is 19.7 Å². The van der Waals surface area contributed by atoms with Crippen molar-refractivity contribution in [1.82, 2.24) is 0 Å². The molecule has 1 aliphatic rings. The van der Waals surface area contributed by atoms with Gasteiger partial charge in [0.05, 0.1) is 9.79 Å². The first-order valence-corrected chi connectivity index (χ1v) is 11.6. The third-order valence-electron chi connectivity index (χ3n) is 4.98. The lowest BCUT2D eigenvalue weighted by Crippen LogP contribution is -2.49. The molecule has 6 heteroatoms. The van der Waals surface area contributed by atoms with Crippen molar-refractivity contribution in [1.29, 1.82) is 0 Å². The van der Waals surface area contributed by atoms with E-state index in [0.29, 0.717) is 0 Å². The zero-order valence-corrected chi connectivity index (χ0v) is 16.7. The van der Waals surface area contributed by atoms with Crippen molar-refractivity contribution in [3.8, 4) is 0 Å². The van der Waals surface area contributed by atoms with Gasteiger partial charge in [0.2, 0.25) is 0 Å². The SMILES string of the molecule is C=CC1C=C(C)CC(S(=O)(=O)c2ccccc2)(S(=O)(=O)c2ccccc2)C1. The van der Waals surface area contributed by atoms with Gasteiger partial charge in [0.25, 0.3) is 0 Å². The highest BCUT2D eigenvalue weighted by Crippen LogP contribution is 2.47. The molecule has 0 aromatic heterocycles. The summed E-state index contributed by atoms with van der Waals surface area (Å²) in [7, 11) is -8.36. The van der Waals surface area contributed by atoms with Crippen LogP contribution in [0.2, 0.25) is 0 Å². The van der Waals surface area contributed by atoms with Gasteiger partial charge < -0.3 is 0 Å². The molecule has 142 valence electrons. The van der Waals surface area contributed by atoms with E-state index in [1.54, 1.807) is 49.4 Å². The highest BCUT2D eigenvalue weighted by Gasteiger charge is 2.57. The molecule has 1 aliphatic carbocycles. The molecule has 0 radical (unpaired) electrons. The van der Waals surface area contributed by atoms with E-state index in [2.05, 4.69) is 6.58 Å². The predicted molar refractivity (Wildman–Crippen MR) is 107 cm³/mol. The van der Waals surface area contributed by atoms with Crippen molar-refractivity contribution < 1.29 is 16.8 Å². The van der Waals surface area contributed by atoms with Gasteiger partial charge in [-0.15, -0.1) is 6.58 Å². The van der Waals surface area contributed by atoms with Gasteiger partial charge in [-0.3, -0.25) is 0 Å². The molecular formula is C21H22O4S2. The Morgan fingerprint density at radius 1 is 0.889 bits per heavy atom. The zero-order chi connectivity index (χ0) is 19.7. The van der Waals surface area contributed by atoms with Crippen LogP contribution in [-0.4, -0.2) is 20.9 Å². The Kier molecular flexibility index (Phi) is 5.14. The molecule has 4 nitrogen and oxygen atoms in total. The Labute approximate surface area is 161 Å². The van der Waals surface area contributed by atoms with Gasteiger partial charge in [0, 0.05) is 6.42 Å². The summed E-state index contributed by atoms with van der Waals surface area (Å²) >= 11 is 0. The van der Waals surface area contributed by atoms with Crippen LogP contribution in [0.4, 0.5) is 0 Å². The number of allylic oxidation sites excluding steroid dienone is 3. The smallest absolute Gasteiger partial charge is 0.199 e. The van der Waals surface area contributed by atoms with Crippen LogP contribution in [0.25, 0.3) is 0 Å². The molecule has 1 unspecified atom stereocenters. The van der Waals surface area contributed by atoms with E-state index >= 15 is 0 Å². The van der Waals surface area contributed by atoms with E-state index in [1.807, 2.05) is 6.08 Å². The summed E-state index contributed by atoms with van der Waals surface area (Å²) in [5.74, 6) is -0.337. The average Bonchev–Trinajstić information content (AvgIpc) is 2.68. The van der Waals surface area contributed by atoms with E-state index < -0.39 is 23.8 Å². The molecule has 0 bridgehead atoms. The minimum atomic E-state index is -4.18. The summed E-state index contributed by atoms with van der Waals surface area (Å²) in [5.41, 5.74) is 0.727. The molecule has 0 fully saturated rings. The van der Waals surface area contributed by atoms with E-state index in [9.17, 15) is 16.8 Å². The van der Waals surface area contributed by atoms with Crippen LogP contribution in [0.5, 0.6) is 0 Å². The van der Waals surface area contributed by atoms with Gasteiger partial charge in [-0.2, -0.15) is 0 Å². The van der Waals surface area contributed by atoms with E-state index in [1.165, 1.54) is 24.3 Å². The fourth-order valence-electron chi connectivity index (χ4n) is 3.67. The highest BCUT2D eigenvalue weighted by molar-refractivity contribution is 8.10. The number of hydrogen-bond donors (Lipinski definition) is 0. The van der Waals surface area contributed by atoms with Gasteiger partial charge in [-0.25, -0.2) is 16.8 Å². The third kappa shape index (κ3) is 3.17. The van der Waals surface area contributed by atoms with Crippen LogP contribution < -0.4 is 0 Å². The van der Waals surface area contributed by atoms with E-state index in [-0.39, 0.29) is 28.6 Å². The van der Waals surface area contributed by atoms with Gasteiger partial charge >= 0.3 is 0 Å². The van der Waals surface area contributed by atoms with Crippen LogP contribution in [0.15, 0.2) is 94.8 Å². The highest BCUT2D eigenvalue weighted by atomic mass is 32.3. The Hall–Kier alpha value is -2.18. The van der Waals surface area contributed by atoms with Crippen molar-refractivity contribution in [3.05, 3.63) is 85.0 Å². The Balaban J connectivity index is 2.33.